The van der Waals surface area contributed by atoms with Crippen LogP contribution in [-0.4, -0.2) is 58.8 Å². The average Bonchev–Trinajstić information content (AvgIpc) is 3.47. The van der Waals surface area contributed by atoms with Crippen LogP contribution in [0.2, 0.25) is 0 Å². The summed E-state index contributed by atoms with van der Waals surface area (Å²) in [5, 5.41) is 10.7. The van der Waals surface area contributed by atoms with Crippen molar-refractivity contribution in [3.8, 4) is 11.3 Å². The molecular formula is C29H33ClN8O3. The van der Waals surface area contributed by atoms with Gasteiger partial charge in [0.1, 0.15) is 0 Å². The SMILES string of the molecule is CN(C)c1cccc(NC(=O)[C@H](OC(=O)c2nc(-c3cnn(C4CCNCC4)c3)cnc2N)c2ccccc2)c1.Cl. The van der Waals surface area contributed by atoms with Crippen molar-refractivity contribution in [3.63, 3.8) is 0 Å². The van der Waals surface area contributed by atoms with Gasteiger partial charge in [-0.25, -0.2) is 14.8 Å². The highest BCUT2D eigenvalue weighted by Crippen LogP contribution is 2.26. The summed E-state index contributed by atoms with van der Waals surface area (Å²) in [4.78, 5) is 37.3. The minimum absolute atomic E-state index is 0. The molecule has 3 heterocycles. The van der Waals surface area contributed by atoms with Crippen LogP contribution in [0.3, 0.4) is 0 Å². The first-order valence-electron chi connectivity index (χ1n) is 13.1. The molecule has 1 atom stereocenters. The molecule has 4 N–H and O–H groups in total. The maximum Gasteiger partial charge on any atom is 0.361 e. The van der Waals surface area contributed by atoms with E-state index in [0.29, 0.717) is 28.6 Å². The Hall–Kier alpha value is -4.48. The van der Waals surface area contributed by atoms with Crippen molar-refractivity contribution in [3.05, 3.63) is 84.4 Å². The van der Waals surface area contributed by atoms with Crippen molar-refractivity contribution in [1.82, 2.24) is 25.1 Å². The molecule has 4 aromatic rings. The summed E-state index contributed by atoms with van der Waals surface area (Å²) in [5.41, 5.74) is 8.99. The molecule has 1 aliphatic rings. The fourth-order valence-corrected chi connectivity index (χ4v) is 4.56. The smallest absolute Gasteiger partial charge is 0.361 e. The number of carbonyl (C=O) groups excluding carboxylic acids is 2. The number of nitrogens with two attached hydrogens (primary N) is 1. The summed E-state index contributed by atoms with van der Waals surface area (Å²) in [7, 11) is 3.82. The van der Waals surface area contributed by atoms with Gasteiger partial charge >= 0.3 is 5.97 Å². The minimum atomic E-state index is -1.25. The van der Waals surface area contributed by atoms with Gasteiger partial charge in [-0.15, -0.1) is 12.4 Å². The maximum absolute atomic E-state index is 13.4. The van der Waals surface area contributed by atoms with E-state index in [0.717, 1.165) is 31.6 Å². The van der Waals surface area contributed by atoms with E-state index in [2.05, 4.69) is 25.7 Å². The lowest BCUT2D eigenvalue weighted by Crippen LogP contribution is -2.29. The van der Waals surface area contributed by atoms with E-state index in [4.69, 9.17) is 10.5 Å². The van der Waals surface area contributed by atoms with E-state index in [-0.39, 0.29) is 23.9 Å². The molecule has 0 saturated carbocycles. The molecule has 0 aliphatic carbocycles. The first kappa shape index (κ1) is 29.5. The van der Waals surface area contributed by atoms with Crippen LogP contribution in [-0.2, 0) is 9.53 Å². The number of nitrogen functional groups attached to an aromatic ring is 1. The molecule has 2 aromatic carbocycles. The second-order valence-electron chi connectivity index (χ2n) is 9.81. The zero-order chi connectivity index (χ0) is 28.1. The van der Waals surface area contributed by atoms with Crippen molar-refractivity contribution < 1.29 is 14.3 Å². The zero-order valence-electron chi connectivity index (χ0n) is 22.9. The largest absolute Gasteiger partial charge is 0.442 e. The Morgan fingerprint density at radius 3 is 2.59 bits per heavy atom. The van der Waals surface area contributed by atoms with Gasteiger partial charge in [0.2, 0.25) is 6.10 Å². The summed E-state index contributed by atoms with van der Waals surface area (Å²) in [6, 6.07) is 16.4. The Morgan fingerprint density at radius 2 is 1.85 bits per heavy atom. The lowest BCUT2D eigenvalue weighted by Gasteiger charge is -2.22. The lowest BCUT2D eigenvalue weighted by atomic mass is 10.1. The van der Waals surface area contributed by atoms with Gasteiger partial charge < -0.3 is 26.0 Å². The standard InChI is InChI=1S/C29H32N8O3.ClH/c1-36(2)23-10-6-9-21(15-23)34-28(38)26(19-7-4-3-5-8-19)40-29(39)25-27(30)32-17-24(35-25)20-16-33-37(18-20)22-11-13-31-14-12-22;/h3-10,15-18,22,26,31H,11-14H2,1-2H3,(H2,30,32)(H,34,38);1H/t26-;/m1./s1. The Labute approximate surface area is 244 Å². The number of amides is 1. The average molecular weight is 577 g/mol. The third kappa shape index (κ3) is 7.00. The van der Waals surface area contributed by atoms with Gasteiger partial charge in [0.05, 0.1) is 24.1 Å². The van der Waals surface area contributed by atoms with Crippen LogP contribution in [0.1, 0.15) is 41.0 Å². The number of anilines is 3. The number of nitrogens with zero attached hydrogens (tertiary/aromatic N) is 5. The van der Waals surface area contributed by atoms with Gasteiger partial charge in [0, 0.05) is 42.8 Å². The second kappa shape index (κ2) is 13.2. The summed E-state index contributed by atoms with van der Waals surface area (Å²) in [5.74, 6) is -1.46. The predicted molar refractivity (Wildman–Crippen MR) is 160 cm³/mol. The van der Waals surface area contributed by atoms with E-state index in [1.54, 1.807) is 36.5 Å². The zero-order valence-corrected chi connectivity index (χ0v) is 23.7. The number of halogens is 1. The van der Waals surface area contributed by atoms with Gasteiger partial charge in [-0.1, -0.05) is 36.4 Å². The molecular weight excluding hydrogens is 544 g/mol. The van der Waals surface area contributed by atoms with Crippen LogP contribution in [0.15, 0.2) is 73.2 Å². The number of benzene rings is 2. The Kier molecular flexibility index (Phi) is 9.53. The summed E-state index contributed by atoms with van der Waals surface area (Å²) < 4.78 is 7.66. The maximum atomic E-state index is 13.4. The number of esters is 1. The van der Waals surface area contributed by atoms with E-state index in [1.807, 2.05) is 54.1 Å². The molecule has 11 nitrogen and oxygen atoms in total. The van der Waals surface area contributed by atoms with Crippen LogP contribution in [0.4, 0.5) is 17.2 Å². The molecule has 5 rings (SSSR count). The molecule has 1 saturated heterocycles. The van der Waals surface area contributed by atoms with Crippen LogP contribution in [0.25, 0.3) is 11.3 Å². The topological polar surface area (TPSA) is 140 Å². The molecule has 2 aromatic heterocycles. The monoisotopic (exact) mass is 576 g/mol. The van der Waals surface area contributed by atoms with Gasteiger partial charge in [-0.05, 0) is 44.1 Å². The van der Waals surface area contributed by atoms with Crippen LogP contribution in [0, 0.1) is 0 Å². The second-order valence-corrected chi connectivity index (χ2v) is 9.81. The van der Waals surface area contributed by atoms with Crippen LogP contribution < -0.4 is 21.3 Å². The van der Waals surface area contributed by atoms with Crippen molar-refractivity contribution in [1.29, 1.82) is 0 Å². The molecule has 0 unspecified atom stereocenters. The molecule has 0 radical (unpaired) electrons. The molecule has 214 valence electrons. The number of nitrogens with one attached hydrogen (secondary N) is 2. The molecule has 0 bridgehead atoms. The van der Waals surface area contributed by atoms with E-state index < -0.39 is 18.0 Å². The highest BCUT2D eigenvalue weighted by molar-refractivity contribution is 5.99. The molecule has 1 aliphatic heterocycles. The summed E-state index contributed by atoms with van der Waals surface area (Å²) in [6.07, 6.45) is 5.80. The first-order chi connectivity index (χ1) is 19.4. The van der Waals surface area contributed by atoms with E-state index >= 15 is 0 Å². The van der Waals surface area contributed by atoms with Crippen molar-refractivity contribution in [2.75, 3.05) is 43.1 Å². The third-order valence-corrected chi connectivity index (χ3v) is 6.77. The van der Waals surface area contributed by atoms with Gasteiger partial charge in [0.15, 0.2) is 11.5 Å². The molecule has 12 heteroatoms. The fraction of sp³-hybridized carbons (Fsp3) is 0.276. The quantitative estimate of drug-likeness (QED) is 0.267. The highest BCUT2D eigenvalue weighted by Gasteiger charge is 2.28. The fourth-order valence-electron chi connectivity index (χ4n) is 4.56. The number of hydrogen-bond donors (Lipinski definition) is 3. The normalized spacial score (nSPS) is 14.0. The number of hydrogen-bond acceptors (Lipinski definition) is 9. The van der Waals surface area contributed by atoms with Crippen molar-refractivity contribution >= 4 is 41.5 Å². The minimum Gasteiger partial charge on any atom is -0.442 e. The Morgan fingerprint density at radius 1 is 1.10 bits per heavy atom. The van der Waals surface area contributed by atoms with Gasteiger partial charge in [-0.2, -0.15) is 5.10 Å². The highest BCUT2D eigenvalue weighted by atomic mass is 35.5. The lowest BCUT2D eigenvalue weighted by molar-refractivity contribution is -0.125. The van der Waals surface area contributed by atoms with E-state index in [1.165, 1.54) is 6.20 Å². The Balaban J connectivity index is 0.00000387. The summed E-state index contributed by atoms with van der Waals surface area (Å²) in [6.45, 7) is 1.88. The summed E-state index contributed by atoms with van der Waals surface area (Å²) >= 11 is 0. The number of aromatic nitrogens is 4. The van der Waals surface area contributed by atoms with Gasteiger partial charge in [0.25, 0.3) is 5.91 Å². The Bertz CT molecular complexity index is 1490. The number of carbonyl (C=O) groups is 2. The molecule has 0 spiro atoms. The number of ether oxygens (including phenoxy) is 1. The van der Waals surface area contributed by atoms with Crippen LogP contribution in [0.5, 0.6) is 0 Å². The number of rotatable bonds is 8. The van der Waals surface area contributed by atoms with Crippen molar-refractivity contribution in [2.24, 2.45) is 0 Å². The predicted octanol–water partition coefficient (Wildman–Crippen LogP) is 3.87. The molecule has 1 fully saturated rings. The molecule has 41 heavy (non-hydrogen) atoms. The molecule has 1 amide bonds. The van der Waals surface area contributed by atoms with Crippen LogP contribution >= 0.6 is 12.4 Å². The first-order valence-corrected chi connectivity index (χ1v) is 13.1. The van der Waals surface area contributed by atoms with Gasteiger partial charge in [-0.3, -0.25) is 9.48 Å². The number of piperidine rings is 1. The third-order valence-electron chi connectivity index (χ3n) is 6.77. The van der Waals surface area contributed by atoms with E-state index in [9.17, 15) is 9.59 Å². The van der Waals surface area contributed by atoms with Crippen molar-refractivity contribution in [2.45, 2.75) is 25.0 Å².